The van der Waals surface area contributed by atoms with E-state index < -0.39 is 0 Å². The van der Waals surface area contributed by atoms with Gasteiger partial charge in [-0.25, -0.2) is 0 Å². The van der Waals surface area contributed by atoms with E-state index >= 15 is 0 Å². The van der Waals surface area contributed by atoms with Crippen LogP contribution < -0.4 is 4.74 Å². The van der Waals surface area contributed by atoms with Crippen molar-refractivity contribution in [1.29, 1.82) is 0 Å². The van der Waals surface area contributed by atoms with Gasteiger partial charge in [0.25, 0.3) is 0 Å². The number of phenols is 2. The summed E-state index contributed by atoms with van der Waals surface area (Å²) in [7, 11) is 0. The number of phenolic OH excluding ortho intramolecular Hbond substituents is 2. The third-order valence-corrected chi connectivity index (χ3v) is 2.87. The number of rotatable bonds is 5. The van der Waals surface area contributed by atoms with Gasteiger partial charge in [-0.3, -0.25) is 0 Å². The molecule has 2 aromatic rings. The summed E-state index contributed by atoms with van der Waals surface area (Å²) in [6.45, 7) is 0.120. The number of para-hydroxylation sites is 2. The van der Waals surface area contributed by atoms with Gasteiger partial charge in [0.1, 0.15) is 5.75 Å². The minimum Gasteiger partial charge on any atom is -0.508 e. The molecule has 19 heavy (non-hydrogen) atoms. The van der Waals surface area contributed by atoms with Gasteiger partial charge in [-0.05, 0) is 29.8 Å². The Morgan fingerprint density at radius 3 is 2.47 bits per heavy atom. The fourth-order valence-electron chi connectivity index (χ4n) is 1.80. The highest BCUT2D eigenvalue weighted by Gasteiger charge is 2.13. The highest BCUT2D eigenvalue weighted by atomic mass is 16.5. The minimum atomic E-state index is -0.258. The van der Waals surface area contributed by atoms with Gasteiger partial charge in [0, 0.05) is 5.92 Å². The summed E-state index contributed by atoms with van der Waals surface area (Å²) in [5, 5.41) is 28.4. The van der Waals surface area contributed by atoms with Crippen molar-refractivity contribution in [3.63, 3.8) is 0 Å². The van der Waals surface area contributed by atoms with Crippen LogP contribution in [0, 0.1) is 0 Å². The van der Waals surface area contributed by atoms with E-state index in [-0.39, 0.29) is 30.6 Å². The van der Waals surface area contributed by atoms with Crippen LogP contribution >= 0.6 is 0 Å². The first kappa shape index (κ1) is 13.2. The molecule has 0 aliphatic carbocycles. The van der Waals surface area contributed by atoms with Gasteiger partial charge in [0.05, 0.1) is 13.2 Å². The third-order valence-electron chi connectivity index (χ3n) is 2.87. The zero-order chi connectivity index (χ0) is 13.7. The van der Waals surface area contributed by atoms with Crippen LogP contribution in [-0.2, 0) is 0 Å². The van der Waals surface area contributed by atoms with Crippen molar-refractivity contribution in [3.05, 3.63) is 54.1 Å². The maximum Gasteiger partial charge on any atom is 0.160 e. The molecule has 0 amide bonds. The minimum absolute atomic E-state index is 0.0649. The van der Waals surface area contributed by atoms with Crippen LogP contribution in [0.15, 0.2) is 48.5 Å². The third kappa shape index (κ3) is 3.39. The lowest BCUT2D eigenvalue weighted by molar-refractivity contribution is 0.201. The van der Waals surface area contributed by atoms with Gasteiger partial charge < -0.3 is 20.1 Å². The first-order valence-electron chi connectivity index (χ1n) is 6.01. The van der Waals surface area contributed by atoms with Crippen LogP contribution in [0.4, 0.5) is 0 Å². The van der Waals surface area contributed by atoms with Crippen LogP contribution in [0.5, 0.6) is 17.2 Å². The Morgan fingerprint density at radius 1 is 1.00 bits per heavy atom. The first-order valence-corrected chi connectivity index (χ1v) is 6.01. The quantitative estimate of drug-likeness (QED) is 0.771. The lowest BCUT2D eigenvalue weighted by atomic mass is 10.0. The molecule has 0 radical (unpaired) electrons. The molecule has 0 saturated heterocycles. The fraction of sp³-hybridized carbons (Fsp3) is 0.200. The van der Waals surface area contributed by atoms with E-state index in [1.807, 2.05) is 6.07 Å². The Morgan fingerprint density at radius 2 is 1.79 bits per heavy atom. The molecule has 0 fully saturated rings. The van der Waals surface area contributed by atoms with Crippen molar-refractivity contribution >= 4 is 0 Å². The van der Waals surface area contributed by atoms with Gasteiger partial charge in [-0.15, -0.1) is 0 Å². The molecule has 0 aromatic heterocycles. The second kappa shape index (κ2) is 6.11. The summed E-state index contributed by atoms with van der Waals surface area (Å²) in [6, 6.07) is 13.4. The van der Waals surface area contributed by atoms with E-state index in [2.05, 4.69) is 0 Å². The molecule has 0 heterocycles. The van der Waals surface area contributed by atoms with Crippen molar-refractivity contribution < 1.29 is 20.1 Å². The van der Waals surface area contributed by atoms with E-state index in [1.54, 1.807) is 36.4 Å². The summed E-state index contributed by atoms with van der Waals surface area (Å²) in [5.74, 6) is 0.335. The van der Waals surface area contributed by atoms with Crippen LogP contribution in [0.2, 0.25) is 0 Å². The monoisotopic (exact) mass is 260 g/mol. The van der Waals surface area contributed by atoms with Crippen molar-refractivity contribution in [2.24, 2.45) is 0 Å². The number of ether oxygens (including phenoxy) is 1. The molecule has 1 unspecified atom stereocenters. The number of aromatic hydroxyl groups is 2. The SMILES string of the molecule is OCC(COc1ccccc1O)c1cccc(O)c1. The Bertz CT molecular complexity index is 539. The van der Waals surface area contributed by atoms with E-state index in [1.165, 1.54) is 6.07 Å². The maximum atomic E-state index is 9.58. The smallest absolute Gasteiger partial charge is 0.160 e. The van der Waals surface area contributed by atoms with Crippen molar-refractivity contribution in [3.8, 4) is 17.2 Å². The molecular weight excluding hydrogens is 244 g/mol. The van der Waals surface area contributed by atoms with Crippen LogP contribution in [0.25, 0.3) is 0 Å². The summed E-state index contributed by atoms with van der Waals surface area (Å²) >= 11 is 0. The normalized spacial score (nSPS) is 12.1. The number of aliphatic hydroxyl groups excluding tert-OH is 1. The zero-order valence-corrected chi connectivity index (χ0v) is 10.4. The standard InChI is InChI=1S/C15H16O4/c16-9-12(11-4-3-5-13(17)8-11)10-19-15-7-2-1-6-14(15)18/h1-8,12,16-18H,9-10H2. The number of benzene rings is 2. The Balaban J connectivity index is 2.06. The summed E-state index contributed by atoms with van der Waals surface area (Å²) in [6.07, 6.45) is 0. The molecule has 1 atom stereocenters. The van der Waals surface area contributed by atoms with Crippen molar-refractivity contribution in [2.45, 2.75) is 5.92 Å². The van der Waals surface area contributed by atoms with Gasteiger partial charge in [-0.1, -0.05) is 24.3 Å². The average Bonchev–Trinajstić information content (AvgIpc) is 2.41. The lowest BCUT2D eigenvalue weighted by Gasteiger charge is -2.16. The molecular formula is C15H16O4. The molecule has 0 aliphatic rings. The van der Waals surface area contributed by atoms with E-state index in [9.17, 15) is 15.3 Å². The van der Waals surface area contributed by atoms with E-state index in [0.29, 0.717) is 5.75 Å². The van der Waals surface area contributed by atoms with Gasteiger partial charge in [-0.2, -0.15) is 0 Å². The maximum absolute atomic E-state index is 9.58. The summed E-state index contributed by atoms with van der Waals surface area (Å²) in [5.41, 5.74) is 0.790. The predicted molar refractivity (Wildman–Crippen MR) is 71.5 cm³/mol. The molecule has 4 heteroatoms. The van der Waals surface area contributed by atoms with Gasteiger partial charge in [0.2, 0.25) is 0 Å². The number of hydrogen-bond acceptors (Lipinski definition) is 4. The molecule has 2 aromatic carbocycles. The Kier molecular flexibility index (Phi) is 4.26. The Labute approximate surface area is 111 Å². The molecule has 100 valence electrons. The molecule has 0 bridgehead atoms. The van der Waals surface area contributed by atoms with E-state index in [0.717, 1.165) is 5.56 Å². The van der Waals surface area contributed by atoms with Crippen LogP contribution in [0.1, 0.15) is 11.5 Å². The average molecular weight is 260 g/mol. The van der Waals surface area contributed by atoms with Crippen LogP contribution in [-0.4, -0.2) is 28.5 Å². The fourth-order valence-corrected chi connectivity index (χ4v) is 1.80. The van der Waals surface area contributed by atoms with Crippen molar-refractivity contribution in [1.82, 2.24) is 0 Å². The van der Waals surface area contributed by atoms with Gasteiger partial charge in [0.15, 0.2) is 11.5 Å². The molecule has 4 nitrogen and oxygen atoms in total. The highest BCUT2D eigenvalue weighted by Crippen LogP contribution is 2.27. The molecule has 0 aliphatic heterocycles. The molecule has 2 rings (SSSR count). The summed E-state index contributed by atoms with van der Waals surface area (Å²) in [4.78, 5) is 0. The predicted octanol–water partition coefficient (Wildman–Crippen LogP) is 2.25. The lowest BCUT2D eigenvalue weighted by Crippen LogP contribution is -2.14. The topological polar surface area (TPSA) is 69.9 Å². The number of hydrogen-bond donors (Lipinski definition) is 3. The largest absolute Gasteiger partial charge is 0.508 e. The number of aliphatic hydroxyl groups is 1. The molecule has 0 saturated carbocycles. The zero-order valence-electron chi connectivity index (χ0n) is 10.4. The molecule has 3 N–H and O–H groups in total. The first-order chi connectivity index (χ1) is 9.20. The van der Waals surface area contributed by atoms with Gasteiger partial charge >= 0.3 is 0 Å². The summed E-state index contributed by atoms with van der Waals surface area (Å²) < 4.78 is 5.49. The highest BCUT2D eigenvalue weighted by molar-refractivity contribution is 5.38. The van der Waals surface area contributed by atoms with Crippen molar-refractivity contribution in [2.75, 3.05) is 13.2 Å². The second-order valence-electron chi connectivity index (χ2n) is 4.25. The van der Waals surface area contributed by atoms with Crippen LogP contribution in [0.3, 0.4) is 0 Å². The second-order valence-corrected chi connectivity index (χ2v) is 4.25. The Hall–Kier alpha value is -2.20. The molecule has 0 spiro atoms. The van der Waals surface area contributed by atoms with E-state index in [4.69, 9.17) is 4.74 Å².